The standard InChI is InChI=1S/C26H24N4/c1-3-30(19-21-9-5-4-6-10-21)23-15-13-20(14-16-23)17-22(18-27)26-28-24-11-7-8-12-25(24)29(26)2/h4-17H,3,19H2,1-2H3/b22-17-. The lowest BCUT2D eigenvalue weighted by Crippen LogP contribution is -2.21. The fourth-order valence-electron chi connectivity index (χ4n) is 3.67. The van der Waals surface area contributed by atoms with Gasteiger partial charge in [-0.3, -0.25) is 0 Å². The smallest absolute Gasteiger partial charge is 0.151 e. The van der Waals surface area contributed by atoms with E-state index in [9.17, 15) is 5.26 Å². The first-order valence-corrected chi connectivity index (χ1v) is 10.1. The average molecular weight is 393 g/mol. The summed E-state index contributed by atoms with van der Waals surface area (Å²) in [7, 11) is 1.95. The molecule has 0 aliphatic carbocycles. The van der Waals surface area contributed by atoms with Crippen LogP contribution in [0.25, 0.3) is 22.7 Å². The fourth-order valence-corrected chi connectivity index (χ4v) is 3.67. The molecule has 0 aliphatic rings. The maximum atomic E-state index is 9.76. The third-order valence-corrected chi connectivity index (χ3v) is 5.32. The molecule has 0 amide bonds. The second-order valence-electron chi connectivity index (χ2n) is 7.24. The van der Waals surface area contributed by atoms with Crippen LogP contribution in [0.2, 0.25) is 0 Å². The Morgan fingerprint density at radius 3 is 2.37 bits per heavy atom. The third kappa shape index (κ3) is 3.97. The minimum atomic E-state index is 0.554. The van der Waals surface area contributed by atoms with Crippen molar-refractivity contribution in [1.82, 2.24) is 9.55 Å². The normalized spacial score (nSPS) is 11.4. The summed E-state index contributed by atoms with van der Waals surface area (Å²) < 4.78 is 1.97. The molecule has 4 rings (SSSR count). The average Bonchev–Trinajstić information content (AvgIpc) is 3.13. The van der Waals surface area contributed by atoms with Gasteiger partial charge in [-0.15, -0.1) is 0 Å². The summed E-state index contributed by atoms with van der Waals surface area (Å²) in [6.07, 6.45) is 1.90. The van der Waals surface area contributed by atoms with Crippen LogP contribution in [-0.4, -0.2) is 16.1 Å². The van der Waals surface area contributed by atoms with E-state index in [4.69, 9.17) is 0 Å². The second kappa shape index (κ2) is 8.67. The molecule has 30 heavy (non-hydrogen) atoms. The summed E-state index contributed by atoms with van der Waals surface area (Å²) in [5.41, 5.74) is 5.90. The van der Waals surface area contributed by atoms with Crippen molar-refractivity contribution in [3.05, 3.63) is 95.8 Å². The lowest BCUT2D eigenvalue weighted by atomic mass is 10.1. The highest BCUT2D eigenvalue weighted by atomic mass is 15.1. The maximum absolute atomic E-state index is 9.76. The molecule has 1 heterocycles. The van der Waals surface area contributed by atoms with Gasteiger partial charge in [-0.1, -0.05) is 54.6 Å². The molecular formula is C26H24N4. The van der Waals surface area contributed by atoms with Crippen LogP contribution in [0.4, 0.5) is 5.69 Å². The van der Waals surface area contributed by atoms with Crippen LogP contribution >= 0.6 is 0 Å². The molecule has 0 radical (unpaired) electrons. The molecule has 4 nitrogen and oxygen atoms in total. The maximum Gasteiger partial charge on any atom is 0.151 e. The molecule has 0 atom stereocenters. The number of hydrogen-bond donors (Lipinski definition) is 0. The number of nitrogens with zero attached hydrogens (tertiary/aromatic N) is 4. The van der Waals surface area contributed by atoms with E-state index in [1.54, 1.807) is 0 Å². The molecule has 0 aliphatic heterocycles. The van der Waals surface area contributed by atoms with Crippen molar-refractivity contribution in [3.63, 3.8) is 0 Å². The minimum absolute atomic E-state index is 0.554. The van der Waals surface area contributed by atoms with Crippen molar-refractivity contribution in [2.75, 3.05) is 11.4 Å². The third-order valence-electron chi connectivity index (χ3n) is 5.32. The van der Waals surface area contributed by atoms with Gasteiger partial charge in [0.2, 0.25) is 0 Å². The predicted molar refractivity (Wildman–Crippen MR) is 124 cm³/mol. The quantitative estimate of drug-likeness (QED) is 0.398. The van der Waals surface area contributed by atoms with Crippen LogP contribution in [-0.2, 0) is 13.6 Å². The van der Waals surface area contributed by atoms with Crippen LogP contribution in [0.15, 0.2) is 78.9 Å². The molecule has 0 N–H and O–H groups in total. The monoisotopic (exact) mass is 392 g/mol. The largest absolute Gasteiger partial charge is 0.367 e. The van der Waals surface area contributed by atoms with E-state index in [0.29, 0.717) is 11.4 Å². The highest BCUT2D eigenvalue weighted by Crippen LogP contribution is 2.24. The molecule has 0 spiro atoms. The molecule has 0 saturated heterocycles. The topological polar surface area (TPSA) is 44.9 Å². The summed E-state index contributed by atoms with van der Waals surface area (Å²) in [5, 5.41) is 9.76. The van der Waals surface area contributed by atoms with Crippen LogP contribution in [0.5, 0.6) is 0 Å². The summed E-state index contributed by atoms with van der Waals surface area (Å²) in [5.74, 6) is 0.682. The second-order valence-corrected chi connectivity index (χ2v) is 7.24. The molecule has 0 fully saturated rings. The first-order valence-electron chi connectivity index (χ1n) is 10.1. The molecule has 4 heteroatoms. The molecule has 1 aromatic heterocycles. The number of nitriles is 1. The molecule has 0 unspecified atom stereocenters. The Hall–Kier alpha value is -3.84. The van der Waals surface area contributed by atoms with Gasteiger partial charge in [0.05, 0.1) is 16.6 Å². The number of aromatic nitrogens is 2. The summed E-state index contributed by atoms with van der Waals surface area (Å²) >= 11 is 0. The minimum Gasteiger partial charge on any atom is -0.367 e. The molecule has 3 aromatic carbocycles. The van der Waals surface area contributed by atoms with E-state index in [0.717, 1.165) is 29.7 Å². The van der Waals surface area contributed by atoms with E-state index in [1.807, 2.05) is 48.0 Å². The lowest BCUT2D eigenvalue weighted by molar-refractivity contribution is 0.832. The van der Waals surface area contributed by atoms with Gasteiger partial charge in [-0.25, -0.2) is 4.98 Å². The van der Waals surface area contributed by atoms with Gasteiger partial charge in [0, 0.05) is 25.8 Å². The Morgan fingerprint density at radius 2 is 1.70 bits per heavy atom. The van der Waals surface area contributed by atoms with Gasteiger partial charge in [-0.2, -0.15) is 5.26 Å². The van der Waals surface area contributed by atoms with E-state index in [1.165, 1.54) is 11.3 Å². The highest BCUT2D eigenvalue weighted by Gasteiger charge is 2.12. The number of fused-ring (bicyclic) bond motifs is 1. The number of para-hydroxylation sites is 2. The van der Waals surface area contributed by atoms with E-state index >= 15 is 0 Å². The van der Waals surface area contributed by atoms with Gasteiger partial charge in [0.15, 0.2) is 5.82 Å². The van der Waals surface area contributed by atoms with Crippen LogP contribution in [0, 0.1) is 11.3 Å². The Balaban J connectivity index is 1.60. The Morgan fingerprint density at radius 1 is 1.00 bits per heavy atom. The molecular weight excluding hydrogens is 368 g/mol. The summed E-state index contributed by atoms with van der Waals surface area (Å²) in [4.78, 5) is 6.98. The highest BCUT2D eigenvalue weighted by molar-refractivity contribution is 5.91. The lowest BCUT2D eigenvalue weighted by Gasteiger charge is -2.23. The Bertz CT molecular complexity index is 1210. The van der Waals surface area contributed by atoms with Crippen molar-refractivity contribution in [3.8, 4) is 6.07 Å². The van der Waals surface area contributed by atoms with Gasteiger partial charge in [0.25, 0.3) is 0 Å². The number of aryl methyl sites for hydroxylation is 1. The number of anilines is 1. The Kier molecular flexibility index (Phi) is 5.63. The van der Waals surface area contributed by atoms with E-state index in [2.05, 4.69) is 71.4 Å². The zero-order valence-corrected chi connectivity index (χ0v) is 17.3. The van der Waals surface area contributed by atoms with E-state index < -0.39 is 0 Å². The van der Waals surface area contributed by atoms with Crippen molar-refractivity contribution in [1.29, 1.82) is 5.26 Å². The van der Waals surface area contributed by atoms with Crippen LogP contribution < -0.4 is 4.90 Å². The zero-order valence-electron chi connectivity index (χ0n) is 17.3. The molecule has 4 aromatic rings. The van der Waals surface area contributed by atoms with Gasteiger partial charge >= 0.3 is 0 Å². The number of rotatable bonds is 6. The first kappa shape index (κ1) is 19.5. The fraction of sp³-hybridized carbons (Fsp3) is 0.154. The molecule has 0 saturated carbocycles. The predicted octanol–water partition coefficient (Wildman–Crippen LogP) is 5.66. The van der Waals surface area contributed by atoms with Crippen molar-refractivity contribution >= 4 is 28.4 Å². The van der Waals surface area contributed by atoms with Gasteiger partial charge in [-0.05, 0) is 48.4 Å². The number of benzene rings is 3. The molecule has 148 valence electrons. The van der Waals surface area contributed by atoms with Crippen molar-refractivity contribution in [2.45, 2.75) is 13.5 Å². The summed E-state index contributed by atoms with van der Waals surface area (Å²) in [6, 6.07) is 29.1. The van der Waals surface area contributed by atoms with Crippen molar-refractivity contribution < 1.29 is 0 Å². The number of imidazole rings is 1. The number of hydrogen-bond acceptors (Lipinski definition) is 3. The van der Waals surface area contributed by atoms with Crippen molar-refractivity contribution in [2.24, 2.45) is 7.05 Å². The van der Waals surface area contributed by atoms with Crippen LogP contribution in [0.3, 0.4) is 0 Å². The van der Waals surface area contributed by atoms with Gasteiger partial charge < -0.3 is 9.47 Å². The first-order chi connectivity index (χ1) is 14.7. The summed E-state index contributed by atoms with van der Waals surface area (Å²) in [6.45, 7) is 3.96. The van der Waals surface area contributed by atoms with Crippen LogP contribution in [0.1, 0.15) is 23.9 Å². The zero-order chi connectivity index (χ0) is 20.9. The van der Waals surface area contributed by atoms with Gasteiger partial charge in [0.1, 0.15) is 6.07 Å². The number of allylic oxidation sites excluding steroid dienone is 1. The SMILES string of the molecule is CCN(Cc1ccccc1)c1ccc(/C=C(/C#N)c2nc3ccccc3n2C)cc1. The van der Waals surface area contributed by atoms with E-state index in [-0.39, 0.29) is 0 Å². The Labute approximate surface area is 177 Å². The molecule has 0 bridgehead atoms.